The summed E-state index contributed by atoms with van der Waals surface area (Å²) in [4.78, 5) is 30.2. The Balaban J connectivity index is 1.64. The minimum atomic E-state index is -0.256. The lowest BCUT2D eigenvalue weighted by molar-refractivity contribution is -0.122. The van der Waals surface area contributed by atoms with Crippen molar-refractivity contribution in [3.8, 4) is 0 Å². The van der Waals surface area contributed by atoms with Crippen molar-refractivity contribution in [2.45, 2.75) is 32.9 Å². The number of nitrogens with zero attached hydrogens (tertiary/aromatic N) is 4. The van der Waals surface area contributed by atoms with Crippen LogP contribution in [0.4, 0.5) is 0 Å². The molecule has 27 heavy (non-hydrogen) atoms. The van der Waals surface area contributed by atoms with E-state index < -0.39 is 0 Å². The van der Waals surface area contributed by atoms with Crippen LogP contribution in [0.5, 0.6) is 0 Å². The van der Waals surface area contributed by atoms with Gasteiger partial charge in [-0.3, -0.25) is 19.0 Å². The normalized spacial score (nSPS) is 11.3. The second-order valence-corrected chi connectivity index (χ2v) is 7.21. The van der Waals surface area contributed by atoms with Crippen molar-refractivity contribution in [2.24, 2.45) is 0 Å². The molecule has 0 aromatic carbocycles. The van der Waals surface area contributed by atoms with Crippen LogP contribution < -0.4 is 10.9 Å². The monoisotopic (exact) mass is 381 g/mol. The van der Waals surface area contributed by atoms with E-state index in [1.807, 2.05) is 34.0 Å². The van der Waals surface area contributed by atoms with Crippen LogP contribution in [0.25, 0.3) is 15.7 Å². The molecule has 0 aliphatic heterocycles. The van der Waals surface area contributed by atoms with Gasteiger partial charge < -0.3 is 5.32 Å². The molecule has 0 atom stereocenters. The number of pyridine rings is 1. The second kappa shape index (κ2) is 7.32. The van der Waals surface area contributed by atoms with Gasteiger partial charge in [-0.05, 0) is 35.6 Å². The molecule has 0 radical (unpaired) electrons. The number of hydrogen-bond acceptors (Lipinski definition) is 5. The Hall–Kier alpha value is -3.00. The predicted molar refractivity (Wildman–Crippen MR) is 105 cm³/mol. The number of amides is 1. The Morgan fingerprint density at radius 1 is 1.33 bits per heavy atom. The molecule has 138 valence electrons. The van der Waals surface area contributed by atoms with Crippen LogP contribution in [0.15, 0.2) is 46.8 Å². The highest BCUT2D eigenvalue weighted by Crippen LogP contribution is 2.24. The van der Waals surface area contributed by atoms with Crippen LogP contribution >= 0.6 is 11.3 Å². The zero-order chi connectivity index (χ0) is 18.8. The number of rotatable bonds is 6. The van der Waals surface area contributed by atoms with Crippen molar-refractivity contribution in [2.75, 3.05) is 0 Å². The summed E-state index contributed by atoms with van der Waals surface area (Å²) >= 11 is 1.59. The van der Waals surface area contributed by atoms with Crippen molar-refractivity contribution in [3.05, 3.63) is 63.8 Å². The van der Waals surface area contributed by atoms with Gasteiger partial charge in [0.15, 0.2) is 0 Å². The van der Waals surface area contributed by atoms with Crippen molar-refractivity contribution >= 4 is 33.0 Å². The number of fused-ring (bicyclic) bond motifs is 3. The Morgan fingerprint density at radius 2 is 2.22 bits per heavy atom. The summed E-state index contributed by atoms with van der Waals surface area (Å²) in [5.74, 6) is 0.540. The van der Waals surface area contributed by atoms with E-state index in [0.717, 1.165) is 34.4 Å². The molecule has 0 bridgehead atoms. The average Bonchev–Trinajstić information content (AvgIpc) is 3.26. The van der Waals surface area contributed by atoms with Crippen LogP contribution in [-0.2, 0) is 24.3 Å². The molecule has 8 heteroatoms. The van der Waals surface area contributed by atoms with E-state index in [0.29, 0.717) is 12.1 Å². The molecular weight excluding hydrogens is 362 g/mol. The summed E-state index contributed by atoms with van der Waals surface area (Å²) < 4.78 is 3.19. The van der Waals surface area contributed by atoms with E-state index in [1.165, 1.54) is 4.68 Å². The first-order valence-electron chi connectivity index (χ1n) is 8.81. The highest BCUT2D eigenvalue weighted by molar-refractivity contribution is 7.16. The summed E-state index contributed by atoms with van der Waals surface area (Å²) in [7, 11) is 0. The quantitative estimate of drug-likeness (QED) is 0.556. The highest BCUT2D eigenvalue weighted by Gasteiger charge is 2.16. The van der Waals surface area contributed by atoms with E-state index in [2.05, 4.69) is 22.3 Å². The fourth-order valence-electron chi connectivity index (χ4n) is 3.09. The first-order chi connectivity index (χ1) is 13.2. The third-order valence-corrected chi connectivity index (χ3v) is 5.25. The first kappa shape index (κ1) is 17.4. The third kappa shape index (κ3) is 3.35. The van der Waals surface area contributed by atoms with E-state index in [-0.39, 0.29) is 18.0 Å². The molecule has 0 aliphatic rings. The molecule has 4 aromatic rings. The maximum atomic E-state index is 12.9. The third-order valence-electron chi connectivity index (χ3n) is 4.34. The van der Waals surface area contributed by atoms with Gasteiger partial charge in [-0.25, -0.2) is 4.68 Å². The van der Waals surface area contributed by atoms with Crippen LogP contribution in [0.1, 0.15) is 24.7 Å². The molecule has 4 aromatic heterocycles. The van der Waals surface area contributed by atoms with Gasteiger partial charge in [-0.2, -0.15) is 5.10 Å². The number of carbonyl (C=O) groups is 1. The van der Waals surface area contributed by atoms with E-state index >= 15 is 0 Å². The summed E-state index contributed by atoms with van der Waals surface area (Å²) in [5, 5.41) is 10.3. The predicted octanol–water partition coefficient (Wildman–Crippen LogP) is 2.37. The smallest absolute Gasteiger partial charge is 0.291 e. The molecule has 0 unspecified atom stereocenters. The maximum Gasteiger partial charge on any atom is 0.291 e. The molecule has 0 spiro atoms. The molecule has 4 heterocycles. The van der Waals surface area contributed by atoms with Crippen molar-refractivity contribution in [3.63, 3.8) is 0 Å². The number of carbonyl (C=O) groups excluding carboxylic acids is 1. The number of hydrogen-bond donors (Lipinski definition) is 1. The van der Waals surface area contributed by atoms with Crippen LogP contribution in [0, 0.1) is 0 Å². The first-order valence-corrected chi connectivity index (χ1v) is 9.69. The van der Waals surface area contributed by atoms with Gasteiger partial charge in [0.2, 0.25) is 5.91 Å². The molecule has 4 rings (SSSR count). The Kier molecular flexibility index (Phi) is 4.72. The Morgan fingerprint density at radius 3 is 3.00 bits per heavy atom. The molecule has 1 N–H and O–H groups in total. The standard InChI is InChI=1S/C19H19N5O2S/c1-2-4-16-22-23(12-17(25)21-11-13-5-3-7-20-10-13)18(26)15-9-14-6-8-27-19(14)24(15)16/h3,5-10H,2,4,11-12H2,1H3,(H,21,25). The Bertz CT molecular complexity index is 1160. The molecule has 0 saturated heterocycles. The van der Waals surface area contributed by atoms with E-state index in [4.69, 9.17) is 0 Å². The van der Waals surface area contributed by atoms with Crippen molar-refractivity contribution < 1.29 is 4.79 Å². The van der Waals surface area contributed by atoms with Crippen LogP contribution in [-0.4, -0.2) is 25.1 Å². The van der Waals surface area contributed by atoms with Gasteiger partial charge in [0.1, 0.15) is 22.7 Å². The molecule has 0 fully saturated rings. The topological polar surface area (TPSA) is 81.3 Å². The van der Waals surface area contributed by atoms with Gasteiger partial charge in [0.25, 0.3) is 5.56 Å². The summed E-state index contributed by atoms with van der Waals surface area (Å²) in [5.41, 5.74) is 1.21. The van der Waals surface area contributed by atoms with Crippen molar-refractivity contribution in [1.82, 2.24) is 24.5 Å². The van der Waals surface area contributed by atoms with E-state index in [1.54, 1.807) is 23.7 Å². The fraction of sp³-hybridized carbons (Fsp3) is 0.263. The minimum absolute atomic E-state index is 0.106. The number of aromatic nitrogens is 4. The number of nitrogens with one attached hydrogen (secondary N) is 1. The lowest BCUT2D eigenvalue weighted by Crippen LogP contribution is -2.35. The fourth-order valence-corrected chi connectivity index (χ4v) is 4.00. The van der Waals surface area contributed by atoms with Gasteiger partial charge in [0, 0.05) is 30.7 Å². The summed E-state index contributed by atoms with van der Waals surface area (Å²) in [6, 6.07) is 7.57. The average molecular weight is 381 g/mol. The molecule has 1 amide bonds. The summed E-state index contributed by atoms with van der Waals surface area (Å²) in [6.45, 7) is 2.33. The Labute approximate surface area is 159 Å². The zero-order valence-corrected chi connectivity index (χ0v) is 15.7. The van der Waals surface area contributed by atoms with Crippen LogP contribution in [0.2, 0.25) is 0 Å². The molecule has 7 nitrogen and oxygen atoms in total. The van der Waals surface area contributed by atoms with Gasteiger partial charge in [0.05, 0.1) is 0 Å². The minimum Gasteiger partial charge on any atom is -0.350 e. The molecule has 0 saturated carbocycles. The second-order valence-electron chi connectivity index (χ2n) is 6.31. The van der Waals surface area contributed by atoms with Gasteiger partial charge >= 0.3 is 0 Å². The highest BCUT2D eigenvalue weighted by atomic mass is 32.1. The van der Waals surface area contributed by atoms with E-state index in [9.17, 15) is 9.59 Å². The maximum absolute atomic E-state index is 12.9. The van der Waals surface area contributed by atoms with Crippen LogP contribution in [0.3, 0.4) is 0 Å². The number of aryl methyl sites for hydroxylation is 1. The molecule has 0 aliphatic carbocycles. The molecular formula is C19H19N5O2S. The lowest BCUT2D eigenvalue weighted by atomic mass is 10.3. The lowest BCUT2D eigenvalue weighted by Gasteiger charge is -2.10. The van der Waals surface area contributed by atoms with Gasteiger partial charge in [-0.1, -0.05) is 13.0 Å². The largest absolute Gasteiger partial charge is 0.350 e. The number of thiophene rings is 1. The SMILES string of the molecule is CCCc1nn(CC(=O)NCc2cccnc2)c(=O)c2cc3ccsc3n12. The van der Waals surface area contributed by atoms with Gasteiger partial charge in [-0.15, -0.1) is 11.3 Å². The van der Waals surface area contributed by atoms with Crippen molar-refractivity contribution in [1.29, 1.82) is 0 Å². The summed E-state index contributed by atoms with van der Waals surface area (Å²) in [6.07, 6.45) is 5.01. The zero-order valence-electron chi connectivity index (χ0n) is 14.9.